The summed E-state index contributed by atoms with van der Waals surface area (Å²) in [5.74, 6) is -0.534. The molecule has 262 valence electrons. The third-order valence-electron chi connectivity index (χ3n) is 7.68. The van der Waals surface area contributed by atoms with Crippen molar-refractivity contribution in [2.45, 2.75) is 88.9 Å². The number of halogens is 4. The number of benzene rings is 2. The Morgan fingerprint density at radius 1 is 1.00 bits per heavy atom. The number of amides is 1. The molecule has 49 heavy (non-hydrogen) atoms. The number of alkyl halides is 3. The number of anilines is 2. The van der Waals surface area contributed by atoms with E-state index >= 15 is 0 Å². The summed E-state index contributed by atoms with van der Waals surface area (Å²) in [4.78, 5) is 25.1. The van der Waals surface area contributed by atoms with E-state index in [1.54, 1.807) is 30.5 Å². The Morgan fingerprint density at radius 2 is 1.69 bits per heavy atom. The number of pyridine rings is 1. The fourth-order valence-corrected chi connectivity index (χ4v) is 6.74. The van der Waals surface area contributed by atoms with Crippen molar-refractivity contribution in [3.8, 4) is 17.0 Å². The van der Waals surface area contributed by atoms with Crippen LogP contribution in [0.15, 0.2) is 59.8 Å². The molecule has 2 aromatic carbocycles. The lowest BCUT2D eigenvalue weighted by molar-refractivity contribution is -0.276. The second kappa shape index (κ2) is 14.2. The summed E-state index contributed by atoms with van der Waals surface area (Å²) in [5, 5.41) is 6.25. The normalized spacial score (nSPS) is 17.0. The highest BCUT2D eigenvalue weighted by Gasteiger charge is 2.34. The van der Waals surface area contributed by atoms with Gasteiger partial charge in [-0.1, -0.05) is 30.7 Å². The van der Waals surface area contributed by atoms with Gasteiger partial charge in [-0.05, 0) is 100 Å². The van der Waals surface area contributed by atoms with E-state index in [-0.39, 0.29) is 28.4 Å². The summed E-state index contributed by atoms with van der Waals surface area (Å²) in [7, 11) is -4.44. The molecule has 4 aromatic rings. The van der Waals surface area contributed by atoms with Crippen LogP contribution in [0.1, 0.15) is 58.9 Å². The maximum atomic E-state index is 13.5. The number of ether oxygens (including phenoxy) is 2. The molecule has 0 spiro atoms. The number of fused-ring (bicyclic) bond motifs is 1. The van der Waals surface area contributed by atoms with Crippen LogP contribution in [-0.2, 0) is 21.2 Å². The fraction of sp³-hybridized carbons (Fsp3) is 0.394. The number of hydrogen-bond acceptors (Lipinski definition) is 9. The lowest BCUT2D eigenvalue weighted by Gasteiger charge is -2.30. The first kappa shape index (κ1) is 35.9. The van der Waals surface area contributed by atoms with Gasteiger partial charge in [0.2, 0.25) is 11.8 Å². The van der Waals surface area contributed by atoms with Crippen LogP contribution < -0.4 is 20.1 Å². The predicted molar refractivity (Wildman–Crippen MR) is 180 cm³/mol. The first-order valence-electron chi connectivity index (χ1n) is 15.6. The van der Waals surface area contributed by atoms with Crippen molar-refractivity contribution >= 4 is 50.3 Å². The number of para-hydroxylation sites is 1. The van der Waals surface area contributed by atoms with Crippen LogP contribution in [-0.4, -0.2) is 53.5 Å². The van der Waals surface area contributed by atoms with E-state index in [1.807, 2.05) is 27.7 Å². The zero-order chi connectivity index (χ0) is 35.6. The van der Waals surface area contributed by atoms with Gasteiger partial charge in [0.1, 0.15) is 5.60 Å². The minimum absolute atomic E-state index is 0.00374. The van der Waals surface area contributed by atoms with Gasteiger partial charge in [-0.15, -0.1) is 13.2 Å². The molecule has 0 aliphatic heterocycles. The van der Waals surface area contributed by atoms with Gasteiger partial charge in [0.25, 0.3) is 10.0 Å². The van der Waals surface area contributed by atoms with Gasteiger partial charge in [-0.3, -0.25) is 4.72 Å². The number of sulfonamides is 1. The van der Waals surface area contributed by atoms with Gasteiger partial charge in [0.05, 0.1) is 16.2 Å². The van der Waals surface area contributed by atoms with Crippen LogP contribution in [0.25, 0.3) is 22.0 Å². The average molecular weight is 721 g/mol. The molecule has 0 bridgehead atoms. The molecule has 5 rings (SSSR count). The van der Waals surface area contributed by atoms with Gasteiger partial charge >= 0.3 is 12.5 Å². The number of aromatic nitrogens is 3. The smallest absolute Gasteiger partial charge is 0.444 e. The molecule has 3 N–H and O–H groups in total. The Hall–Kier alpha value is -4.37. The van der Waals surface area contributed by atoms with Crippen molar-refractivity contribution in [3.05, 3.63) is 65.3 Å². The predicted octanol–water partition coefficient (Wildman–Crippen LogP) is 7.85. The molecule has 1 aliphatic rings. The highest BCUT2D eigenvalue weighted by atomic mass is 35.5. The molecule has 1 fully saturated rings. The molecule has 11 nitrogen and oxygen atoms in total. The van der Waals surface area contributed by atoms with Crippen molar-refractivity contribution in [2.24, 2.45) is 0 Å². The molecule has 0 saturated heterocycles. The van der Waals surface area contributed by atoms with Crippen LogP contribution in [0.5, 0.6) is 5.88 Å². The van der Waals surface area contributed by atoms with E-state index in [0.717, 1.165) is 37.3 Å². The molecular formula is C33H36ClF3N6O5S. The van der Waals surface area contributed by atoms with Gasteiger partial charge in [0.15, 0.2) is 5.03 Å². The van der Waals surface area contributed by atoms with Crippen LogP contribution in [0.2, 0.25) is 5.02 Å². The molecule has 1 aliphatic carbocycles. The van der Waals surface area contributed by atoms with E-state index in [2.05, 4.69) is 30.1 Å². The molecule has 2 aromatic heterocycles. The highest BCUT2D eigenvalue weighted by molar-refractivity contribution is 7.92. The first-order chi connectivity index (χ1) is 23.0. The first-order valence-corrected chi connectivity index (χ1v) is 17.5. The number of nitrogens with zero attached hydrogens (tertiary/aromatic N) is 3. The summed E-state index contributed by atoms with van der Waals surface area (Å²) in [5.41, 5.74) is 1.02. The maximum Gasteiger partial charge on any atom is 0.574 e. The van der Waals surface area contributed by atoms with Crippen LogP contribution in [0, 0.1) is 0 Å². The number of alkyl carbamates (subject to hydrolysis) is 1. The molecule has 2 heterocycles. The standard InChI is InChI=1S/C33H36ClF3N6O5S/c1-5-19-16-20(24-14-15-27(41-29(24)47-33(35,36)37)49(45,46)43-26-9-7-6-8-25(26)34)17-21-18-38-30(42-28(19)21)39-22-10-12-23(13-11-22)40-31(44)48-32(2,3)4/h6-9,14-18,22-23,43H,5,10-13H2,1-4H3,(H,40,44)(H,38,39,42). The SMILES string of the molecule is CCc1cc(-c2ccc(S(=O)(=O)Nc3ccccc3Cl)nc2OC(F)(F)F)cc2cnc(NC3CCC(NC(=O)OC(C)(C)C)CC3)nc12. The Morgan fingerprint density at radius 3 is 2.35 bits per heavy atom. The van der Waals surface area contributed by atoms with E-state index < -0.39 is 39.0 Å². The Labute approximate surface area is 287 Å². The van der Waals surface area contributed by atoms with Crippen molar-refractivity contribution in [1.29, 1.82) is 0 Å². The third kappa shape index (κ3) is 9.41. The number of rotatable bonds is 9. The minimum Gasteiger partial charge on any atom is -0.444 e. The second-order valence-electron chi connectivity index (χ2n) is 12.6. The minimum atomic E-state index is -5.15. The lowest BCUT2D eigenvalue weighted by Crippen LogP contribution is -2.42. The number of nitrogens with one attached hydrogen (secondary N) is 3. The summed E-state index contributed by atoms with van der Waals surface area (Å²) in [6, 6.07) is 11.7. The van der Waals surface area contributed by atoms with Gasteiger partial charge < -0.3 is 20.1 Å². The van der Waals surface area contributed by atoms with Crippen molar-refractivity contribution in [2.75, 3.05) is 10.0 Å². The van der Waals surface area contributed by atoms with E-state index in [9.17, 15) is 26.4 Å². The summed E-state index contributed by atoms with van der Waals surface area (Å²) in [6.45, 7) is 7.32. The molecular weight excluding hydrogens is 685 g/mol. The van der Waals surface area contributed by atoms with E-state index in [0.29, 0.717) is 28.8 Å². The zero-order valence-corrected chi connectivity index (χ0v) is 28.8. The van der Waals surface area contributed by atoms with Gasteiger partial charge in [-0.2, -0.15) is 13.4 Å². The monoisotopic (exact) mass is 720 g/mol. The van der Waals surface area contributed by atoms with Crippen molar-refractivity contribution in [3.63, 3.8) is 0 Å². The molecule has 0 unspecified atom stereocenters. The number of hydrogen-bond donors (Lipinski definition) is 3. The average Bonchev–Trinajstić information content (AvgIpc) is 3.01. The van der Waals surface area contributed by atoms with Gasteiger partial charge in [-0.25, -0.2) is 14.8 Å². The zero-order valence-electron chi connectivity index (χ0n) is 27.2. The summed E-state index contributed by atoms with van der Waals surface area (Å²) < 4.78 is 78.6. The fourth-order valence-electron chi connectivity index (χ4n) is 5.47. The lowest BCUT2D eigenvalue weighted by atomic mass is 9.91. The number of aryl methyl sites for hydroxylation is 1. The number of carbonyl (C=O) groups is 1. The largest absolute Gasteiger partial charge is 0.574 e. The molecule has 16 heteroatoms. The maximum absolute atomic E-state index is 13.5. The molecule has 1 saturated carbocycles. The highest BCUT2D eigenvalue weighted by Crippen LogP contribution is 2.37. The third-order valence-corrected chi connectivity index (χ3v) is 9.27. The summed E-state index contributed by atoms with van der Waals surface area (Å²) in [6.07, 6.45) is -0.480. The second-order valence-corrected chi connectivity index (χ2v) is 14.6. The Kier molecular flexibility index (Phi) is 10.4. The van der Waals surface area contributed by atoms with E-state index in [4.69, 9.17) is 21.3 Å². The topological polar surface area (TPSA) is 144 Å². The van der Waals surface area contributed by atoms with Crippen LogP contribution in [0.3, 0.4) is 0 Å². The van der Waals surface area contributed by atoms with E-state index in [1.165, 1.54) is 18.2 Å². The number of carbonyl (C=O) groups excluding carboxylic acids is 1. The summed E-state index contributed by atoms with van der Waals surface area (Å²) >= 11 is 6.06. The Balaban J connectivity index is 1.37. The Bertz CT molecular complexity index is 1950. The molecule has 0 radical (unpaired) electrons. The van der Waals surface area contributed by atoms with Gasteiger partial charge in [0, 0.05) is 29.2 Å². The van der Waals surface area contributed by atoms with Crippen LogP contribution in [0.4, 0.5) is 29.6 Å². The van der Waals surface area contributed by atoms with Crippen molar-refractivity contribution in [1.82, 2.24) is 20.3 Å². The van der Waals surface area contributed by atoms with Crippen LogP contribution >= 0.6 is 11.6 Å². The quantitative estimate of drug-likeness (QED) is 0.157. The van der Waals surface area contributed by atoms with Crippen molar-refractivity contribution < 1.29 is 35.9 Å². The molecule has 1 amide bonds. The molecule has 0 atom stereocenters.